The van der Waals surface area contributed by atoms with E-state index in [-0.39, 0.29) is 11.8 Å². The minimum atomic E-state index is -0.844. The number of aromatic nitrogens is 3. The Morgan fingerprint density at radius 1 is 1.13 bits per heavy atom. The van der Waals surface area contributed by atoms with Crippen molar-refractivity contribution < 1.29 is 9.59 Å². The van der Waals surface area contributed by atoms with E-state index in [0.29, 0.717) is 37.3 Å². The van der Waals surface area contributed by atoms with E-state index < -0.39 is 5.41 Å². The van der Waals surface area contributed by atoms with Crippen LogP contribution < -0.4 is 5.32 Å². The predicted molar refractivity (Wildman–Crippen MR) is 113 cm³/mol. The topological polar surface area (TPSA) is 80.1 Å². The third kappa shape index (κ3) is 3.70. The fourth-order valence-electron chi connectivity index (χ4n) is 4.24. The van der Waals surface area contributed by atoms with Gasteiger partial charge in [-0.15, -0.1) is 0 Å². The summed E-state index contributed by atoms with van der Waals surface area (Å²) < 4.78 is 1.94. The lowest BCUT2D eigenvalue weighted by molar-refractivity contribution is -0.128. The summed E-state index contributed by atoms with van der Waals surface area (Å²) in [7, 11) is 1.63. The number of carbonyl (C=O) groups excluding carboxylic acids is 2. The number of hydrogen-bond acceptors (Lipinski definition) is 4. The second-order valence-corrected chi connectivity index (χ2v) is 7.60. The maximum atomic E-state index is 13.5. The number of likely N-dealkylation sites (N-methyl/N-ethyl adjacent to an activating group) is 1. The van der Waals surface area contributed by atoms with Crippen molar-refractivity contribution in [1.82, 2.24) is 24.8 Å². The monoisotopic (exact) mass is 403 g/mol. The number of likely N-dealkylation sites (tertiary alicyclic amines) is 1. The summed E-state index contributed by atoms with van der Waals surface area (Å²) >= 11 is 0. The number of imidazole rings is 1. The van der Waals surface area contributed by atoms with Gasteiger partial charge in [-0.1, -0.05) is 24.3 Å². The number of pyridine rings is 1. The smallest absolute Gasteiger partial charge is 0.254 e. The number of amides is 2. The predicted octanol–water partition coefficient (Wildman–Crippen LogP) is 2.25. The van der Waals surface area contributed by atoms with Crippen molar-refractivity contribution in [2.24, 2.45) is 0 Å². The summed E-state index contributed by atoms with van der Waals surface area (Å²) in [5, 5.41) is 2.79. The summed E-state index contributed by atoms with van der Waals surface area (Å²) in [6.07, 6.45) is 8.42. The summed E-state index contributed by atoms with van der Waals surface area (Å²) in [5.41, 5.74) is 1.44. The standard InChI is InChI=1S/C23H25N5O2/c1-24-22(30)23(20-9-4-5-11-26-20)10-6-13-28(16-23)21(29)19-8-3-2-7-18(19)15-27-14-12-25-17-27/h2-5,7-9,11-12,14,17H,6,10,13,15-16H2,1H3,(H,24,30)/t23-/m0/s1. The minimum absolute atomic E-state index is 0.0605. The van der Waals surface area contributed by atoms with Gasteiger partial charge >= 0.3 is 0 Å². The number of benzene rings is 1. The zero-order valence-electron chi connectivity index (χ0n) is 17.0. The summed E-state index contributed by atoms with van der Waals surface area (Å²) in [6, 6.07) is 13.2. The van der Waals surface area contributed by atoms with Gasteiger partial charge in [-0.2, -0.15) is 0 Å². The van der Waals surface area contributed by atoms with Crippen LogP contribution in [0.5, 0.6) is 0 Å². The number of rotatable bonds is 5. The second kappa shape index (κ2) is 8.49. The van der Waals surface area contributed by atoms with E-state index in [1.165, 1.54) is 0 Å². The lowest BCUT2D eigenvalue weighted by Gasteiger charge is -2.41. The summed E-state index contributed by atoms with van der Waals surface area (Å²) in [4.78, 5) is 36.8. The van der Waals surface area contributed by atoms with Gasteiger partial charge in [-0.25, -0.2) is 4.98 Å². The molecule has 1 aromatic carbocycles. The SMILES string of the molecule is CNC(=O)[C@@]1(c2ccccn2)CCCN(C(=O)c2ccccc2Cn2ccnc2)C1. The second-order valence-electron chi connectivity index (χ2n) is 7.60. The normalized spacial score (nSPS) is 18.8. The van der Waals surface area contributed by atoms with Gasteiger partial charge in [0, 0.05) is 50.8 Å². The number of nitrogens with one attached hydrogen (secondary N) is 1. The number of piperidine rings is 1. The summed E-state index contributed by atoms with van der Waals surface area (Å²) in [5.74, 6) is -0.167. The molecule has 0 radical (unpaired) electrons. The molecule has 3 heterocycles. The Balaban J connectivity index is 1.65. The van der Waals surface area contributed by atoms with E-state index in [4.69, 9.17) is 0 Å². The van der Waals surface area contributed by atoms with E-state index in [2.05, 4.69) is 15.3 Å². The number of carbonyl (C=O) groups is 2. The molecule has 1 aliphatic heterocycles. The highest BCUT2D eigenvalue weighted by atomic mass is 16.2. The average molecular weight is 403 g/mol. The Labute approximate surface area is 175 Å². The lowest BCUT2D eigenvalue weighted by Crippen LogP contribution is -2.56. The van der Waals surface area contributed by atoms with Crippen molar-refractivity contribution in [3.8, 4) is 0 Å². The number of nitrogens with zero attached hydrogens (tertiary/aromatic N) is 4. The molecule has 1 aliphatic rings. The first-order chi connectivity index (χ1) is 14.6. The highest BCUT2D eigenvalue weighted by molar-refractivity contribution is 5.97. The molecule has 1 fully saturated rings. The van der Waals surface area contributed by atoms with Crippen LogP contribution in [0.3, 0.4) is 0 Å². The Kier molecular flexibility index (Phi) is 5.61. The third-order valence-electron chi connectivity index (χ3n) is 5.76. The number of hydrogen-bond donors (Lipinski definition) is 1. The lowest BCUT2D eigenvalue weighted by atomic mass is 9.75. The highest BCUT2D eigenvalue weighted by Crippen LogP contribution is 2.34. The Bertz CT molecular complexity index is 1020. The molecule has 4 rings (SSSR count). The van der Waals surface area contributed by atoms with Gasteiger partial charge < -0.3 is 14.8 Å². The zero-order chi connectivity index (χ0) is 21.0. The Morgan fingerprint density at radius 2 is 1.97 bits per heavy atom. The van der Waals surface area contributed by atoms with Gasteiger partial charge in [0.25, 0.3) is 5.91 Å². The van der Waals surface area contributed by atoms with E-state index in [1.54, 1.807) is 30.7 Å². The molecule has 0 spiro atoms. The van der Waals surface area contributed by atoms with Gasteiger partial charge in [-0.3, -0.25) is 14.6 Å². The maximum absolute atomic E-state index is 13.5. The van der Waals surface area contributed by atoms with Crippen molar-refractivity contribution in [2.75, 3.05) is 20.1 Å². The maximum Gasteiger partial charge on any atom is 0.254 e. The van der Waals surface area contributed by atoms with Crippen molar-refractivity contribution in [3.63, 3.8) is 0 Å². The van der Waals surface area contributed by atoms with Crippen LogP contribution in [0.15, 0.2) is 67.4 Å². The van der Waals surface area contributed by atoms with E-state index >= 15 is 0 Å². The summed E-state index contributed by atoms with van der Waals surface area (Å²) in [6.45, 7) is 1.49. The fourth-order valence-corrected chi connectivity index (χ4v) is 4.24. The molecule has 2 amide bonds. The van der Waals surface area contributed by atoms with Crippen LogP contribution in [-0.4, -0.2) is 51.4 Å². The first kappa shape index (κ1) is 19.8. The van der Waals surface area contributed by atoms with Crippen LogP contribution in [0.25, 0.3) is 0 Å². The average Bonchev–Trinajstić information content (AvgIpc) is 3.32. The van der Waals surface area contributed by atoms with Gasteiger partial charge in [0.2, 0.25) is 5.91 Å². The first-order valence-electron chi connectivity index (χ1n) is 10.1. The highest BCUT2D eigenvalue weighted by Gasteiger charge is 2.45. The molecule has 7 heteroatoms. The third-order valence-corrected chi connectivity index (χ3v) is 5.76. The van der Waals surface area contributed by atoms with Gasteiger partial charge in [0.05, 0.1) is 12.0 Å². The molecule has 0 aliphatic carbocycles. The molecule has 3 aromatic rings. The molecule has 2 aromatic heterocycles. The quantitative estimate of drug-likeness (QED) is 0.709. The molecule has 7 nitrogen and oxygen atoms in total. The molecule has 30 heavy (non-hydrogen) atoms. The largest absolute Gasteiger partial charge is 0.358 e. The molecular weight excluding hydrogens is 378 g/mol. The van der Waals surface area contributed by atoms with Crippen LogP contribution in [0.4, 0.5) is 0 Å². The molecule has 0 bridgehead atoms. The van der Waals surface area contributed by atoms with Gasteiger partial charge in [0.1, 0.15) is 5.41 Å². The van der Waals surface area contributed by atoms with Crippen LogP contribution in [-0.2, 0) is 16.8 Å². The molecule has 1 atom stereocenters. The van der Waals surface area contributed by atoms with Gasteiger partial charge in [0.15, 0.2) is 0 Å². The van der Waals surface area contributed by atoms with Crippen molar-refractivity contribution in [1.29, 1.82) is 0 Å². The van der Waals surface area contributed by atoms with Crippen LogP contribution >= 0.6 is 0 Å². The fraction of sp³-hybridized carbons (Fsp3) is 0.304. The minimum Gasteiger partial charge on any atom is -0.358 e. The van der Waals surface area contributed by atoms with Crippen LogP contribution in [0.2, 0.25) is 0 Å². The van der Waals surface area contributed by atoms with Crippen LogP contribution in [0.1, 0.15) is 34.5 Å². The first-order valence-corrected chi connectivity index (χ1v) is 10.1. The molecule has 1 N–H and O–H groups in total. The van der Waals surface area contributed by atoms with Crippen LogP contribution in [0, 0.1) is 0 Å². The molecule has 0 saturated carbocycles. The van der Waals surface area contributed by atoms with E-state index in [1.807, 2.05) is 53.2 Å². The molecule has 1 saturated heterocycles. The van der Waals surface area contributed by atoms with E-state index in [9.17, 15) is 9.59 Å². The molecular formula is C23H25N5O2. The van der Waals surface area contributed by atoms with Crippen molar-refractivity contribution in [3.05, 3.63) is 84.2 Å². The Morgan fingerprint density at radius 3 is 2.70 bits per heavy atom. The molecule has 154 valence electrons. The van der Waals surface area contributed by atoms with Crippen molar-refractivity contribution >= 4 is 11.8 Å². The molecule has 0 unspecified atom stereocenters. The van der Waals surface area contributed by atoms with Crippen molar-refractivity contribution in [2.45, 2.75) is 24.8 Å². The van der Waals surface area contributed by atoms with Gasteiger partial charge in [-0.05, 0) is 36.6 Å². The zero-order valence-corrected chi connectivity index (χ0v) is 17.0. The Hall–Kier alpha value is -3.48. The van der Waals surface area contributed by atoms with E-state index in [0.717, 1.165) is 12.0 Å².